The van der Waals surface area contributed by atoms with Gasteiger partial charge in [-0.3, -0.25) is 9.69 Å². The van der Waals surface area contributed by atoms with Crippen molar-refractivity contribution in [3.8, 4) is 0 Å². The van der Waals surface area contributed by atoms with E-state index in [4.69, 9.17) is 8.83 Å². The number of carbonyl (C=O) groups excluding carboxylic acids is 1. The summed E-state index contributed by atoms with van der Waals surface area (Å²) in [6.07, 6.45) is -1.64. The molecule has 2 heterocycles. The Bertz CT molecular complexity index is 1270. The molecule has 0 saturated carbocycles. The predicted octanol–water partition coefficient (Wildman–Crippen LogP) is 5.73. The van der Waals surface area contributed by atoms with Gasteiger partial charge in [0.15, 0.2) is 5.69 Å². The number of nitrogens with zero attached hydrogens (tertiary/aromatic N) is 2. The Labute approximate surface area is 200 Å². The maximum absolute atomic E-state index is 13.2. The molecule has 0 aliphatic heterocycles. The molecular formula is C26H24F3N3O3. The monoisotopic (exact) mass is 483 g/mol. The number of oxazole rings is 1. The Balaban J connectivity index is 1.50. The Hall–Kier alpha value is -3.85. The molecule has 4 aromatic rings. The van der Waals surface area contributed by atoms with Crippen LogP contribution in [0.15, 0.2) is 82.0 Å². The van der Waals surface area contributed by atoms with Crippen molar-refractivity contribution in [2.24, 2.45) is 0 Å². The molecule has 0 unspecified atom stereocenters. The SMILES string of the molecule is Cc1ccccc1CN(Cc1cccc(C(F)(F)F)c1)Cc1nc(C(=O)NCc2ccco2)co1. The largest absolute Gasteiger partial charge is 0.467 e. The summed E-state index contributed by atoms with van der Waals surface area (Å²) in [4.78, 5) is 18.6. The van der Waals surface area contributed by atoms with Crippen LogP contribution >= 0.6 is 0 Å². The normalized spacial score (nSPS) is 11.7. The van der Waals surface area contributed by atoms with Gasteiger partial charge in [-0.05, 0) is 41.8 Å². The lowest BCUT2D eigenvalue weighted by atomic mass is 10.1. The molecule has 0 spiro atoms. The number of aromatic nitrogens is 1. The van der Waals surface area contributed by atoms with Gasteiger partial charge >= 0.3 is 6.18 Å². The summed E-state index contributed by atoms with van der Waals surface area (Å²) in [5, 5.41) is 2.70. The zero-order chi connectivity index (χ0) is 24.8. The Morgan fingerprint density at radius 2 is 1.83 bits per heavy atom. The fourth-order valence-electron chi connectivity index (χ4n) is 3.65. The molecule has 0 radical (unpaired) electrons. The topological polar surface area (TPSA) is 71.5 Å². The quantitative estimate of drug-likeness (QED) is 0.329. The first-order chi connectivity index (χ1) is 16.8. The van der Waals surface area contributed by atoms with Gasteiger partial charge in [-0.2, -0.15) is 13.2 Å². The molecule has 0 saturated heterocycles. The van der Waals surface area contributed by atoms with Gasteiger partial charge in [0.1, 0.15) is 12.0 Å². The maximum Gasteiger partial charge on any atom is 0.416 e. The van der Waals surface area contributed by atoms with Crippen LogP contribution in [0.25, 0.3) is 0 Å². The number of furan rings is 1. The Kier molecular flexibility index (Phi) is 7.36. The molecule has 1 N–H and O–H groups in total. The summed E-state index contributed by atoms with van der Waals surface area (Å²) in [6, 6.07) is 16.5. The highest BCUT2D eigenvalue weighted by atomic mass is 19.4. The zero-order valence-corrected chi connectivity index (χ0v) is 19.0. The molecule has 2 aromatic heterocycles. The van der Waals surface area contributed by atoms with Crippen molar-refractivity contribution in [2.75, 3.05) is 0 Å². The number of rotatable bonds is 9. The lowest BCUT2D eigenvalue weighted by Gasteiger charge is -2.22. The third-order valence-corrected chi connectivity index (χ3v) is 5.46. The van der Waals surface area contributed by atoms with Gasteiger partial charge in [0.25, 0.3) is 5.91 Å². The molecule has 0 aliphatic rings. The Morgan fingerprint density at radius 3 is 2.57 bits per heavy atom. The minimum absolute atomic E-state index is 0.112. The van der Waals surface area contributed by atoms with Gasteiger partial charge in [-0.25, -0.2) is 4.98 Å². The van der Waals surface area contributed by atoms with Gasteiger partial charge in [0.05, 0.1) is 24.9 Å². The number of amides is 1. The van der Waals surface area contributed by atoms with E-state index < -0.39 is 17.6 Å². The summed E-state index contributed by atoms with van der Waals surface area (Å²) >= 11 is 0. The third kappa shape index (κ3) is 6.60. The highest BCUT2D eigenvalue weighted by molar-refractivity contribution is 5.91. The van der Waals surface area contributed by atoms with Crippen LogP contribution in [-0.4, -0.2) is 15.8 Å². The van der Waals surface area contributed by atoms with Gasteiger partial charge in [0, 0.05) is 13.1 Å². The molecule has 4 rings (SSSR count). The minimum Gasteiger partial charge on any atom is -0.467 e. The number of carbonyl (C=O) groups is 1. The zero-order valence-electron chi connectivity index (χ0n) is 19.0. The summed E-state index contributed by atoms with van der Waals surface area (Å²) < 4.78 is 50.3. The van der Waals surface area contributed by atoms with Crippen molar-refractivity contribution in [3.05, 3.63) is 113 Å². The van der Waals surface area contributed by atoms with Crippen molar-refractivity contribution >= 4 is 5.91 Å². The molecule has 0 bridgehead atoms. The minimum atomic E-state index is -4.42. The van der Waals surface area contributed by atoms with E-state index in [9.17, 15) is 18.0 Å². The Morgan fingerprint density at radius 1 is 1.00 bits per heavy atom. The molecule has 6 nitrogen and oxygen atoms in total. The molecule has 35 heavy (non-hydrogen) atoms. The number of aryl methyl sites for hydroxylation is 1. The smallest absolute Gasteiger partial charge is 0.416 e. The summed E-state index contributed by atoms with van der Waals surface area (Å²) in [5.41, 5.74) is 2.02. The van der Waals surface area contributed by atoms with E-state index in [1.165, 1.54) is 18.6 Å². The van der Waals surface area contributed by atoms with Crippen LogP contribution in [0.2, 0.25) is 0 Å². The summed E-state index contributed by atoms with van der Waals surface area (Å²) in [6.45, 7) is 3.09. The number of hydrogen-bond donors (Lipinski definition) is 1. The van der Waals surface area contributed by atoms with Gasteiger partial charge in [-0.15, -0.1) is 0 Å². The van der Waals surface area contributed by atoms with Crippen molar-refractivity contribution < 1.29 is 26.8 Å². The van der Waals surface area contributed by atoms with E-state index in [1.54, 1.807) is 18.2 Å². The second-order valence-corrected chi connectivity index (χ2v) is 8.16. The lowest BCUT2D eigenvalue weighted by Crippen LogP contribution is -2.24. The van der Waals surface area contributed by atoms with E-state index >= 15 is 0 Å². The number of benzene rings is 2. The lowest BCUT2D eigenvalue weighted by molar-refractivity contribution is -0.137. The molecule has 0 fully saturated rings. The summed E-state index contributed by atoms with van der Waals surface area (Å²) in [7, 11) is 0. The van der Waals surface area contributed by atoms with E-state index in [0.29, 0.717) is 17.9 Å². The highest BCUT2D eigenvalue weighted by Crippen LogP contribution is 2.30. The van der Waals surface area contributed by atoms with Gasteiger partial charge in [-0.1, -0.05) is 42.5 Å². The van der Waals surface area contributed by atoms with Crippen LogP contribution < -0.4 is 5.32 Å². The highest BCUT2D eigenvalue weighted by Gasteiger charge is 2.30. The van der Waals surface area contributed by atoms with Crippen molar-refractivity contribution in [2.45, 2.75) is 39.3 Å². The fourth-order valence-corrected chi connectivity index (χ4v) is 3.65. The van der Waals surface area contributed by atoms with Crippen LogP contribution in [0, 0.1) is 6.92 Å². The number of halogens is 3. The van der Waals surface area contributed by atoms with Crippen LogP contribution in [0.4, 0.5) is 13.2 Å². The van der Waals surface area contributed by atoms with Crippen molar-refractivity contribution in [3.63, 3.8) is 0 Å². The molecular weight excluding hydrogens is 459 g/mol. The fraction of sp³-hybridized carbons (Fsp3) is 0.231. The van der Waals surface area contributed by atoms with E-state index in [1.807, 2.05) is 36.1 Å². The molecule has 0 atom stereocenters. The predicted molar refractivity (Wildman–Crippen MR) is 122 cm³/mol. The van der Waals surface area contributed by atoms with Gasteiger partial charge in [0.2, 0.25) is 5.89 Å². The molecule has 1 amide bonds. The average molecular weight is 483 g/mol. The molecule has 2 aromatic carbocycles. The second kappa shape index (κ2) is 10.6. The molecule has 0 aliphatic carbocycles. The van der Waals surface area contributed by atoms with Crippen LogP contribution in [-0.2, 0) is 32.4 Å². The first kappa shape index (κ1) is 24.3. The standard InChI is InChI=1S/C26H24F3N3O3/c1-18-6-2-3-8-20(18)15-32(14-19-7-4-9-21(12-19)26(27,28)29)16-24-31-23(17-35-24)25(33)30-13-22-10-5-11-34-22/h2-12,17H,13-16H2,1H3,(H,30,33). The van der Waals surface area contributed by atoms with E-state index in [2.05, 4.69) is 10.3 Å². The number of hydrogen-bond acceptors (Lipinski definition) is 5. The van der Waals surface area contributed by atoms with Crippen LogP contribution in [0.5, 0.6) is 0 Å². The second-order valence-electron chi connectivity index (χ2n) is 8.16. The first-order valence-corrected chi connectivity index (χ1v) is 11.0. The van der Waals surface area contributed by atoms with Crippen LogP contribution in [0.3, 0.4) is 0 Å². The number of alkyl halides is 3. The third-order valence-electron chi connectivity index (χ3n) is 5.46. The van der Waals surface area contributed by atoms with Crippen LogP contribution in [0.1, 0.15) is 44.4 Å². The van der Waals surface area contributed by atoms with Gasteiger partial charge < -0.3 is 14.2 Å². The van der Waals surface area contributed by atoms with E-state index in [-0.39, 0.29) is 31.2 Å². The first-order valence-electron chi connectivity index (χ1n) is 11.0. The van der Waals surface area contributed by atoms with Crippen molar-refractivity contribution in [1.29, 1.82) is 0 Å². The van der Waals surface area contributed by atoms with Crippen molar-refractivity contribution in [1.82, 2.24) is 15.2 Å². The number of nitrogens with one attached hydrogen (secondary N) is 1. The maximum atomic E-state index is 13.2. The van der Waals surface area contributed by atoms with E-state index in [0.717, 1.165) is 23.3 Å². The summed E-state index contributed by atoms with van der Waals surface area (Å²) in [5.74, 6) is 0.473. The molecule has 182 valence electrons. The molecule has 9 heteroatoms. The average Bonchev–Trinajstić information content (AvgIpc) is 3.51.